The summed E-state index contributed by atoms with van der Waals surface area (Å²) in [6.45, 7) is 9.69. The van der Waals surface area contributed by atoms with Gasteiger partial charge < -0.3 is 39.9 Å². The molecular weight excluding hydrogens is 977 g/mol. The Hall–Kier alpha value is -7.32. The Morgan fingerprint density at radius 3 is 1.27 bits per heavy atom. The second-order valence-corrected chi connectivity index (χ2v) is 21.8. The van der Waals surface area contributed by atoms with Gasteiger partial charge in [-0.05, 0) is 134 Å². The first kappa shape index (κ1) is 51.6. The number of rotatable bonds is 16. The third-order valence-corrected chi connectivity index (χ3v) is 16.0. The number of hydrogen-bond acceptors (Lipinski definition) is 10. The minimum atomic E-state index is -3.94. The van der Waals surface area contributed by atoms with Crippen molar-refractivity contribution in [3.05, 3.63) is 180 Å². The van der Waals surface area contributed by atoms with Gasteiger partial charge in [-0.3, -0.25) is 9.59 Å². The number of H-pyrrole nitrogens is 2. The van der Waals surface area contributed by atoms with Gasteiger partial charge in [-0.15, -0.1) is 0 Å². The molecule has 0 radical (unpaired) electrons. The van der Waals surface area contributed by atoms with Crippen LogP contribution < -0.4 is 29.9 Å². The molecule has 16 nitrogen and oxygen atoms in total. The summed E-state index contributed by atoms with van der Waals surface area (Å²) in [6, 6.07) is 41.8. The molecule has 0 bridgehead atoms. The summed E-state index contributed by atoms with van der Waals surface area (Å²) >= 11 is 0. The Kier molecular flexibility index (Phi) is 16.2. The molecule has 0 spiro atoms. The van der Waals surface area contributed by atoms with E-state index in [4.69, 9.17) is 9.47 Å². The minimum absolute atomic E-state index is 0.124. The van der Waals surface area contributed by atoms with E-state index in [-0.39, 0.29) is 22.6 Å². The van der Waals surface area contributed by atoms with E-state index in [1.807, 2.05) is 135 Å². The molecule has 2 aliphatic rings. The van der Waals surface area contributed by atoms with Crippen LogP contribution in [0.15, 0.2) is 168 Å². The van der Waals surface area contributed by atoms with Gasteiger partial charge in [0, 0.05) is 83.1 Å². The maximum Gasteiger partial charge on any atom is 0.242 e. The summed E-state index contributed by atoms with van der Waals surface area (Å²) in [6.07, 6.45) is 4.02. The van der Waals surface area contributed by atoms with Crippen LogP contribution in [0.25, 0.3) is 21.8 Å². The average molecular weight is 1040 g/mol. The molecule has 2 atom stereocenters. The van der Waals surface area contributed by atoms with Crippen LogP contribution in [-0.2, 0) is 52.0 Å². The van der Waals surface area contributed by atoms with Gasteiger partial charge in [-0.1, -0.05) is 60.7 Å². The second-order valence-electron chi connectivity index (χ2n) is 18.4. The number of aromatic amines is 2. The Morgan fingerprint density at radius 1 is 0.514 bits per heavy atom. The molecular formula is C56H60N8O8S2. The molecule has 384 valence electrons. The van der Waals surface area contributed by atoms with Crippen molar-refractivity contribution >= 4 is 76.4 Å². The number of ether oxygens (including phenoxy) is 2. The highest BCUT2D eigenvalue weighted by Crippen LogP contribution is 2.25. The van der Waals surface area contributed by atoms with Gasteiger partial charge in [0.2, 0.25) is 31.9 Å². The number of para-hydroxylation sites is 2. The highest BCUT2D eigenvalue weighted by molar-refractivity contribution is 7.89. The Bertz CT molecular complexity index is 3210. The van der Waals surface area contributed by atoms with E-state index in [0.717, 1.165) is 81.6 Å². The van der Waals surface area contributed by atoms with Crippen molar-refractivity contribution in [3.8, 4) is 0 Å². The Morgan fingerprint density at radius 2 is 0.892 bits per heavy atom. The number of hydrogen-bond donors (Lipinski definition) is 6. The van der Waals surface area contributed by atoms with E-state index in [1.54, 1.807) is 24.3 Å². The molecule has 2 amide bonds. The number of carbonyl (C=O) groups excluding carboxylic acids is 2. The normalized spacial score (nSPS) is 15.0. The summed E-state index contributed by atoms with van der Waals surface area (Å²) in [5, 5.41) is 7.70. The van der Waals surface area contributed by atoms with Crippen molar-refractivity contribution in [2.45, 2.75) is 48.6 Å². The zero-order valence-electron chi connectivity index (χ0n) is 41.2. The van der Waals surface area contributed by atoms with Crippen molar-refractivity contribution in [1.82, 2.24) is 19.4 Å². The molecule has 4 heterocycles. The first-order valence-corrected chi connectivity index (χ1v) is 27.5. The van der Waals surface area contributed by atoms with E-state index in [0.29, 0.717) is 37.8 Å². The van der Waals surface area contributed by atoms with Crippen LogP contribution in [0, 0.1) is 13.8 Å². The molecule has 8 aromatic rings. The van der Waals surface area contributed by atoms with Crippen molar-refractivity contribution < 1.29 is 35.9 Å². The monoisotopic (exact) mass is 1040 g/mol. The lowest BCUT2D eigenvalue weighted by atomic mass is 10.0. The van der Waals surface area contributed by atoms with Crippen molar-refractivity contribution in [2.75, 3.05) is 73.0 Å². The molecule has 10 rings (SSSR count). The largest absolute Gasteiger partial charge is 0.378 e. The van der Waals surface area contributed by atoms with Gasteiger partial charge in [0.05, 0.1) is 36.2 Å². The molecule has 2 saturated heterocycles. The fourth-order valence-electron chi connectivity index (χ4n) is 9.11. The van der Waals surface area contributed by atoms with Crippen molar-refractivity contribution in [2.24, 2.45) is 0 Å². The number of aryl methyl sites for hydroxylation is 2. The van der Waals surface area contributed by atoms with Crippen molar-refractivity contribution in [1.29, 1.82) is 0 Å². The Labute approximate surface area is 431 Å². The maximum atomic E-state index is 13.5. The predicted molar refractivity (Wildman–Crippen MR) is 291 cm³/mol. The molecule has 2 fully saturated rings. The molecule has 0 saturated carbocycles. The zero-order chi connectivity index (χ0) is 51.7. The van der Waals surface area contributed by atoms with Gasteiger partial charge in [0.25, 0.3) is 0 Å². The highest BCUT2D eigenvalue weighted by atomic mass is 32.2. The number of benzene rings is 6. The number of anilines is 4. The van der Waals surface area contributed by atoms with Crippen LogP contribution in [0.1, 0.15) is 22.3 Å². The summed E-state index contributed by atoms with van der Waals surface area (Å²) in [5.41, 5.74) is 8.50. The molecule has 6 N–H and O–H groups in total. The first-order chi connectivity index (χ1) is 35.8. The molecule has 2 aliphatic heterocycles. The lowest BCUT2D eigenvalue weighted by Crippen LogP contribution is -2.45. The predicted octanol–water partition coefficient (Wildman–Crippen LogP) is 7.68. The highest BCUT2D eigenvalue weighted by Gasteiger charge is 2.29. The van der Waals surface area contributed by atoms with Crippen LogP contribution in [-0.4, -0.2) is 103 Å². The number of amides is 2. The quantitative estimate of drug-likeness (QED) is 0.0557. The van der Waals surface area contributed by atoms with E-state index in [1.165, 1.54) is 12.1 Å². The van der Waals surface area contributed by atoms with Crippen LogP contribution >= 0.6 is 0 Å². The van der Waals surface area contributed by atoms with E-state index >= 15 is 0 Å². The van der Waals surface area contributed by atoms with Gasteiger partial charge in [0.15, 0.2) is 0 Å². The second kappa shape index (κ2) is 23.3. The van der Waals surface area contributed by atoms with Crippen LogP contribution in [0.4, 0.5) is 22.7 Å². The fraction of sp³-hybridized carbons (Fsp3) is 0.250. The molecule has 6 aromatic carbocycles. The number of nitrogens with zero attached hydrogens (tertiary/aromatic N) is 2. The fourth-order valence-corrected chi connectivity index (χ4v) is 11.7. The van der Waals surface area contributed by atoms with Gasteiger partial charge >= 0.3 is 0 Å². The number of morpholine rings is 2. The summed E-state index contributed by atoms with van der Waals surface area (Å²) in [7, 11) is -7.87. The molecule has 0 aliphatic carbocycles. The minimum Gasteiger partial charge on any atom is -0.378 e. The number of fused-ring (bicyclic) bond motifs is 2. The summed E-state index contributed by atoms with van der Waals surface area (Å²) in [4.78, 5) is 38.0. The van der Waals surface area contributed by atoms with E-state index < -0.39 is 43.9 Å². The SMILES string of the molecule is Cc1cccc(S(=O)(=O)N[C@@H](Cc2c[nH]c3ccccc23)C(=O)Nc2ccc(N3CCOCC3)cc2)c1.Cc1cccc(S(=O)(=O)N[C@@H](Cc2c[nH]c3ccccc23)C(=O)Nc2ccc(N3CCOCC3)cc2)c1. The standard InChI is InChI=1S/2C28H30N4O4S/c2*1-20-5-4-6-24(17-20)37(34,35)31-27(18-21-19-29-26-8-3-2-7-25(21)26)28(33)30-22-9-11-23(12-10-22)32-13-15-36-16-14-32/h2*2-12,17,19,27,29,31H,13-16,18H2,1H3,(H,30,33)/t2*27-/m00/s1. The lowest BCUT2D eigenvalue weighted by Gasteiger charge is -2.29. The maximum absolute atomic E-state index is 13.5. The molecule has 2 aromatic heterocycles. The Balaban J connectivity index is 0.000000182. The number of aromatic nitrogens is 2. The molecule has 18 heteroatoms. The average Bonchev–Trinajstić information content (AvgIpc) is 4.03. The van der Waals surface area contributed by atoms with E-state index in [9.17, 15) is 26.4 Å². The third kappa shape index (κ3) is 12.9. The smallest absolute Gasteiger partial charge is 0.242 e. The van der Waals surface area contributed by atoms with E-state index in [2.05, 4.69) is 39.8 Å². The zero-order valence-corrected chi connectivity index (χ0v) is 42.8. The summed E-state index contributed by atoms with van der Waals surface area (Å²) in [5.74, 6) is -0.860. The molecule has 74 heavy (non-hydrogen) atoms. The van der Waals surface area contributed by atoms with Gasteiger partial charge in [-0.2, -0.15) is 9.44 Å². The molecule has 0 unspecified atom stereocenters. The number of carbonyl (C=O) groups is 2. The van der Waals surface area contributed by atoms with Crippen LogP contribution in [0.5, 0.6) is 0 Å². The number of nitrogens with one attached hydrogen (secondary N) is 6. The lowest BCUT2D eigenvalue weighted by molar-refractivity contribution is -0.118. The summed E-state index contributed by atoms with van der Waals surface area (Å²) < 4.78 is 69.1. The van der Waals surface area contributed by atoms with Crippen molar-refractivity contribution in [3.63, 3.8) is 0 Å². The third-order valence-electron chi connectivity index (χ3n) is 13.0. The van der Waals surface area contributed by atoms with Crippen LogP contribution in [0.3, 0.4) is 0 Å². The van der Waals surface area contributed by atoms with Gasteiger partial charge in [-0.25, -0.2) is 16.8 Å². The van der Waals surface area contributed by atoms with Crippen LogP contribution in [0.2, 0.25) is 0 Å². The van der Waals surface area contributed by atoms with Gasteiger partial charge in [0.1, 0.15) is 12.1 Å². The first-order valence-electron chi connectivity index (χ1n) is 24.5. The number of sulfonamides is 2. The topological polar surface area (TPSA) is 207 Å².